The maximum Gasteiger partial charge on any atom is 0.191 e. The molecule has 144 valence electrons. The van der Waals surface area contributed by atoms with E-state index in [9.17, 15) is 0 Å². The molecule has 1 saturated carbocycles. The van der Waals surface area contributed by atoms with Crippen molar-refractivity contribution in [3.05, 3.63) is 15.6 Å². The summed E-state index contributed by atoms with van der Waals surface area (Å²) in [5, 5.41) is 7.77. The first kappa shape index (κ1) is 22.6. The van der Waals surface area contributed by atoms with E-state index in [0.717, 1.165) is 36.4 Å². The van der Waals surface area contributed by atoms with Crippen LogP contribution in [0.4, 0.5) is 0 Å². The van der Waals surface area contributed by atoms with Crippen LogP contribution in [0.2, 0.25) is 0 Å². The van der Waals surface area contributed by atoms with E-state index in [2.05, 4.69) is 34.5 Å². The molecule has 1 fully saturated rings. The highest BCUT2D eigenvalue weighted by molar-refractivity contribution is 14.0. The minimum atomic E-state index is 0. The Labute approximate surface area is 173 Å². The topological polar surface area (TPSA) is 58.5 Å². The lowest BCUT2D eigenvalue weighted by atomic mass is 10.1. The molecule has 2 rings (SSSR count). The number of nitrogens with zero attached hydrogens (tertiary/aromatic N) is 2. The highest BCUT2D eigenvalue weighted by Gasteiger charge is 2.12. The molecule has 1 aromatic rings. The monoisotopic (exact) mass is 480 g/mol. The molecule has 25 heavy (non-hydrogen) atoms. The van der Waals surface area contributed by atoms with Gasteiger partial charge in [0.15, 0.2) is 5.96 Å². The van der Waals surface area contributed by atoms with Gasteiger partial charge in [-0.25, -0.2) is 9.98 Å². The van der Waals surface area contributed by atoms with Crippen LogP contribution in [0.1, 0.15) is 61.0 Å². The molecule has 0 atom stereocenters. The Morgan fingerprint density at radius 1 is 1.20 bits per heavy atom. The maximum absolute atomic E-state index is 6.02. The van der Waals surface area contributed by atoms with Crippen molar-refractivity contribution in [1.29, 1.82) is 0 Å². The molecule has 0 aromatic carbocycles. The fourth-order valence-electron chi connectivity index (χ4n) is 3.02. The van der Waals surface area contributed by atoms with Crippen molar-refractivity contribution in [3.63, 3.8) is 0 Å². The lowest BCUT2D eigenvalue weighted by molar-refractivity contribution is 0.0468. The Balaban J connectivity index is 0.00000312. The summed E-state index contributed by atoms with van der Waals surface area (Å²) in [6.07, 6.45) is 8.26. The average Bonchev–Trinajstić information content (AvgIpc) is 2.76. The van der Waals surface area contributed by atoms with E-state index in [1.54, 1.807) is 11.3 Å². The van der Waals surface area contributed by atoms with Crippen molar-refractivity contribution in [1.82, 2.24) is 15.6 Å². The van der Waals surface area contributed by atoms with Crippen LogP contribution in [-0.2, 0) is 11.3 Å². The zero-order chi connectivity index (χ0) is 17.2. The quantitative estimate of drug-likeness (QED) is 0.202. The second-order valence-corrected chi connectivity index (χ2v) is 7.64. The second-order valence-electron chi connectivity index (χ2n) is 6.35. The van der Waals surface area contributed by atoms with E-state index in [0.29, 0.717) is 12.6 Å². The van der Waals surface area contributed by atoms with Crippen LogP contribution >= 0.6 is 35.3 Å². The number of aliphatic imine (C=N–C) groups is 1. The predicted octanol–water partition coefficient (Wildman–Crippen LogP) is 4.17. The van der Waals surface area contributed by atoms with Crippen molar-refractivity contribution in [2.45, 2.75) is 71.9 Å². The largest absolute Gasteiger partial charge is 0.376 e. The van der Waals surface area contributed by atoms with Gasteiger partial charge in [-0.15, -0.1) is 35.3 Å². The Morgan fingerprint density at radius 3 is 2.52 bits per heavy atom. The fraction of sp³-hybridized carbons (Fsp3) is 0.778. The van der Waals surface area contributed by atoms with Gasteiger partial charge in [0.25, 0.3) is 0 Å². The minimum Gasteiger partial charge on any atom is -0.376 e. The number of nitrogens with one attached hydrogen (secondary N) is 2. The van der Waals surface area contributed by atoms with Crippen LogP contribution < -0.4 is 10.6 Å². The number of guanidine groups is 1. The van der Waals surface area contributed by atoms with Crippen LogP contribution in [0, 0.1) is 13.8 Å². The molecule has 7 heteroatoms. The van der Waals surface area contributed by atoms with Crippen LogP contribution in [-0.4, -0.2) is 36.7 Å². The lowest BCUT2D eigenvalue weighted by Crippen LogP contribution is -2.39. The van der Waals surface area contributed by atoms with Crippen LogP contribution in [0.25, 0.3) is 0 Å². The number of hydrogen-bond donors (Lipinski definition) is 2. The number of hydrogen-bond acceptors (Lipinski definition) is 4. The SMILES string of the molecule is CCNC(=NCc1sc(C)nc1C)NCCOC1CCCCCC1.I. The van der Waals surface area contributed by atoms with Crippen LogP contribution in [0.15, 0.2) is 4.99 Å². The van der Waals surface area contributed by atoms with Gasteiger partial charge in [-0.2, -0.15) is 0 Å². The lowest BCUT2D eigenvalue weighted by Gasteiger charge is -2.16. The molecule has 0 amide bonds. The minimum absolute atomic E-state index is 0. The van der Waals surface area contributed by atoms with Crippen molar-refractivity contribution in [2.75, 3.05) is 19.7 Å². The first-order valence-corrected chi connectivity index (χ1v) is 10.1. The van der Waals surface area contributed by atoms with Crippen molar-refractivity contribution < 1.29 is 4.74 Å². The third-order valence-corrected chi connectivity index (χ3v) is 5.33. The standard InChI is InChI=1S/C18H32N4OS.HI/c1-4-19-18(21-13-17-14(2)22-15(3)24-17)20-11-12-23-16-9-7-5-6-8-10-16;/h16H,4-13H2,1-3H3,(H2,19,20,21);1H. The Hall–Kier alpha value is -0.410. The zero-order valence-corrected chi connectivity index (χ0v) is 18.9. The van der Waals surface area contributed by atoms with E-state index >= 15 is 0 Å². The summed E-state index contributed by atoms with van der Waals surface area (Å²) >= 11 is 1.73. The second kappa shape index (κ2) is 12.9. The summed E-state index contributed by atoms with van der Waals surface area (Å²) in [5.41, 5.74) is 1.09. The molecular weight excluding hydrogens is 447 g/mol. The smallest absolute Gasteiger partial charge is 0.191 e. The fourth-order valence-corrected chi connectivity index (χ4v) is 3.88. The first-order valence-electron chi connectivity index (χ1n) is 9.25. The van der Waals surface area contributed by atoms with Gasteiger partial charge in [0.1, 0.15) is 0 Å². The van der Waals surface area contributed by atoms with E-state index < -0.39 is 0 Å². The number of aromatic nitrogens is 1. The molecule has 0 aliphatic heterocycles. The summed E-state index contributed by atoms with van der Waals surface area (Å²) in [7, 11) is 0. The van der Waals surface area contributed by atoms with Crippen molar-refractivity contribution >= 4 is 41.3 Å². The Kier molecular flexibility index (Phi) is 11.6. The third-order valence-electron chi connectivity index (χ3n) is 4.27. The summed E-state index contributed by atoms with van der Waals surface area (Å²) in [5.74, 6) is 0.854. The maximum atomic E-state index is 6.02. The van der Waals surface area contributed by atoms with Gasteiger partial charge >= 0.3 is 0 Å². The Bertz CT molecular complexity index is 513. The predicted molar refractivity (Wildman–Crippen MR) is 117 cm³/mol. The molecular formula is C18H33IN4OS. The normalized spacial score (nSPS) is 16.2. The van der Waals surface area contributed by atoms with Crippen LogP contribution in [0.5, 0.6) is 0 Å². The molecule has 0 radical (unpaired) electrons. The molecule has 0 unspecified atom stereocenters. The molecule has 0 spiro atoms. The molecule has 1 heterocycles. The van der Waals surface area contributed by atoms with Crippen molar-refractivity contribution in [2.24, 2.45) is 4.99 Å². The summed E-state index contributed by atoms with van der Waals surface area (Å²) in [4.78, 5) is 10.4. The molecule has 2 N–H and O–H groups in total. The van der Waals surface area contributed by atoms with E-state index in [1.165, 1.54) is 43.4 Å². The molecule has 1 aliphatic carbocycles. The zero-order valence-electron chi connectivity index (χ0n) is 15.8. The average molecular weight is 480 g/mol. The van der Waals surface area contributed by atoms with Gasteiger partial charge in [-0.1, -0.05) is 25.7 Å². The molecule has 0 saturated heterocycles. The van der Waals surface area contributed by atoms with Gasteiger partial charge in [0, 0.05) is 18.0 Å². The van der Waals surface area contributed by atoms with Gasteiger partial charge < -0.3 is 15.4 Å². The molecule has 0 bridgehead atoms. The van der Waals surface area contributed by atoms with Crippen molar-refractivity contribution in [3.8, 4) is 0 Å². The number of thiazole rings is 1. The highest BCUT2D eigenvalue weighted by Crippen LogP contribution is 2.19. The van der Waals surface area contributed by atoms with E-state index in [4.69, 9.17) is 4.74 Å². The first-order chi connectivity index (χ1) is 11.7. The number of ether oxygens (including phenoxy) is 1. The number of halogens is 1. The summed E-state index contributed by atoms with van der Waals surface area (Å²) < 4.78 is 6.02. The highest BCUT2D eigenvalue weighted by atomic mass is 127. The van der Waals surface area contributed by atoms with E-state index in [-0.39, 0.29) is 24.0 Å². The summed E-state index contributed by atoms with van der Waals surface area (Å²) in [6.45, 7) is 9.25. The van der Waals surface area contributed by atoms with E-state index in [1.807, 2.05) is 6.92 Å². The van der Waals surface area contributed by atoms with Gasteiger partial charge in [-0.05, 0) is 33.6 Å². The Morgan fingerprint density at radius 2 is 1.92 bits per heavy atom. The number of aryl methyl sites for hydroxylation is 2. The van der Waals surface area contributed by atoms with Gasteiger partial charge in [0.2, 0.25) is 0 Å². The molecule has 5 nitrogen and oxygen atoms in total. The van der Waals surface area contributed by atoms with Gasteiger partial charge in [0.05, 0.1) is 30.0 Å². The number of rotatable bonds is 7. The third kappa shape index (κ3) is 8.68. The van der Waals surface area contributed by atoms with Gasteiger partial charge in [-0.3, -0.25) is 0 Å². The summed E-state index contributed by atoms with van der Waals surface area (Å²) in [6, 6.07) is 0. The van der Waals surface area contributed by atoms with Crippen LogP contribution in [0.3, 0.4) is 0 Å². The molecule has 1 aliphatic rings. The molecule has 1 aromatic heterocycles.